The fourth-order valence-corrected chi connectivity index (χ4v) is 2.44. The molecule has 1 N–H and O–H groups in total. The van der Waals surface area contributed by atoms with Crippen LogP contribution in [0.1, 0.15) is 4.88 Å². The molecular weight excluding hydrogens is 274 g/mol. The third-order valence-electron chi connectivity index (χ3n) is 2.61. The molecule has 0 amide bonds. The van der Waals surface area contributed by atoms with E-state index in [1.165, 1.54) is 0 Å². The van der Waals surface area contributed by atoms with E-state index in [0.717, 1.165) is 10.4 Å². The molecule has 0 bridgehead atoms. The van der Waals surface area contributed by atoms with Gasteiger partial charge in [-0.3, -0.25) is 4.99 Å². The Labute approximate surface area is 118 Å². The summed E-state index contributed by atoms with van der Waals surface area (Å²) >= 11 is 1.55. The van der Waals surface area contributed by atoms with Crippen LogP contribution in [0.25, 0.3) is 11.4 Å². The minimum atomic E-state index is -0.169. The van der Waals surface area contributed by atoms with Crippen LogP contribution in [0.2, 0.25) is 0 Å². The molecule has 0 atom stereocenters. The van der Waals surface area contributed by atoms with E-state index >= 15 is 0 Å². The second-order valence-electron chi connectivity index (χ2n) is 4.05. The average Bonchev–Trinajstić information content (AvgIpc) is 3.11. The summed E-state index contributed by atoms with van der Waals surface area (Å²) in [6, 6.07) is 11.0. The Morgan fingerprint density at radius 3 is 3.00 bits per heavy atom. The summed E-state index contributed by atoms with van der Waals surface area (Å²) in [6.45, 7) is 0. The summed E-state index contributed by atoms with van der Waals surface area (Å²) in [5.74, 6) is 0.311. The highest BCUT2D eigenvalue weighted by molar-refractivity contribution is 7.10. The van der Waals surface area contributed by atoms with E-state index < -0.39 is 0 Å². The van der Waals surface area contributed by atoms with Gasteiger partial charge in [-0.25, -0.2) is 0 Å². The predicted octanol–water partition coefficient (Wildman–Crippen LogP) is 1.56. The quantitative estimate of drug-likeness (QED) is 0.581. The van der Waals surface area contributed by atoms with Crippen LogP contribution in [0.4, 0.5) is 5.69 Å². The number of hydrogen-bond donors (Lipinski definition) is 1. The van der Waals surface area contributed by atoms with Crippen molar-refractivity contribution in [1.82, 2.24) is 20.6 Å². The SMILES string of the molecule is [O-]C(Cc1cccs1)=Nc1cccc(-c2nn[nH]n2)c1. The van der Waals surface area contributed by atoms with Gasteiger partial charge in [-0.1, -0.05) is 18.2 Å². The third-order valence-corrected chi connectivity index (χ3v) is 3.49. The first kappa shape index (κ1) is 12.5. The zero-order valence-corrected chi connectivity index (χ0v) is 11.2. The highest BCUT2D eigenvalue weighted by atomic mass is 32.1. The standard InChI is InChI=1S/C13H11N5OS/c19-12(8-11-5-2-6-20-11)14-10-4-1-3-9(7-10)13-15-17-18-16-13/h1-7H,8H2,(H,14,19)(H,15,16,17,18)/p-1. The summed E-state index contributed by atoms with van der Waals surface area (Å²) in [6.07, 6.45) is 0.324. The Morgan fingerprint density at radius 1 is 1.30 bits per heavy atom. The number of aromatic amines is 1. The van der Waals surface area contributed by atoms with Crippen molar-refractivity contribution < 1.29 is 5.11 Å². The first-order valence-electron chi connectivity index (χ1n) is 5.92. The highest BCUT2D eigenvalue weighted by Crippen LogP contribution is 2.20. The number of rotatable bonds is 4. The summed E-state index contributed by atoms with van der Waals surface area (Å²) in [5.41, 5.74) is 1.36. The summed E-state index contributed by atoms with van der Waals surface area (Å²) in [7, 11) is 0. The number of hydrogen-bond acceptors (Lipinski definition) is 6. The number of aromatic nitrogens is 4. The van der Waals surface area contributed by atoms with Crippen LogP contribution in [-0.4, -0.2) is 26.5 Å². The Balaban J connectivity index is 1.82. The summed E-state index contributed by atoms with van der Waals surface area (Å²) < 4.78 is 0. The molecular formula is C13H10N5OS-. The van der Waals surface area contributed by atoms with E-state index in [2.05, 4.69) is 25.6 Å². The molecule has 3 rings (SSSR count). The molecule has 0 unspecified atom stereocenters. The molecule has 1 aromatic carbocycles. The van der Waals surface area contributed by atoms with Gasteiger partial charge >= 0.3 is 0 Å². The lowest BCUT2D eigenvalue weighted by molar-refractivity contribution is -0.217. The third kappa shape index (κ3) is 2.89. The van der Waals surface area contributed by atoms with Crippen LogP contribution in [0.5, 0.6) is 0 Å². The van der Waals surface area contributed by atoms with E-state index in [4.69, 9.17) is 0 Å². The van der Waals surface area contributed by atoms with E-state index in [0.29, 0.717) is 17.9 Å². The number of aliphatic imine (C=N–C) groups is 1. The minimum Gasteiger partial charge on any atom is -0.861 e. The predicted molar refractivity (Wildman–Crippen MR) is 74.7 cm³/mol. The lowest BCUT2D eigenvalue weighted by atomic mass is 10.2. The molecule has 2 heterocycles. The minimum absolute atomic E-state index is 0.169. The van der Waals surface area contributed by atoms with Crippen molar-refractivity contribution in [3.63, 3.8) is 0 Å². The first-order chi connectivity index (χ1) is 9.81. The fourth-order valence-electron chi connectivity index (χ4n) is 1.74. The molecule has 0 aliphatic rings. The van der Waals surface area contributed by atoms with Crippen LogP contribution in [0, 0.1) is 0 Å². The number of thiophene rings is 1. The van der Waals surface area contributed by atoms with Gasteiger partial charge in [0.2, 0.25) is 5.82 Å². The monoisotopic (exact) mass is 284 g/mol. The van der Waals surface area contributed by atoms with Crippen LogP contribution in [0.15, 0.2) is 46.8 Å². The van der Waals surface area contributed by atoms with Crippen molar-refractivity contribution in [3.05, 3.63) is 46.7 Å². The highest BCUT2D eigenvalue weighted by Gasteiger charge is 2.03. The molecule has 2 aromatic heterocycles. The molecule has 0 radical (unpaired) electrons. The maximum absolute atomic E-state index is 11.9. The molecule has 0 aliphatic carbocycles. The number of tetrazole rings is 1. The second kappa shape index (κ2) is 5.62. The van der Waals surface area contributed by atoms with E-state index in [1.54, 1.807) is 23.5 Å². The number of nitrogens with one attached hydrogen (secondary N) is 1. The van der Waals surface area contributed by atoms with Gasteiger partial charge in [-0.15, -0.1) is 21.5 Å². The first-order valence-corrected chi connectivity index (χ1v) is 6.80. The number of nitrogens with zero attached hydrogens (tertiary/aromatic N) is 4. The van der Waals surface area contributed by atoms with Crippen molar-refractivity contribution >= 4 is 22.9 Å². The van der Waals surface area contributed by atoms with Crippen molar-refractivity contribution in [2.45, 2.75) is 6.42 Å². The molecule has 6 nitrogen and oxygen atoms in total. The van der Waals surface area contributed by atoms with Crippen LogP contribution in [0.3, 0.4) is 0 Å². The molecule has 7 heteroatoms. The molecule has 100 valence electrons. The second-order valence-corrected chi connectivity index (χ2v) is 5.08. The molecule has 0 aliphatic heterocycles. The van der Waals surface area contributed by atoms with E-state index in [1.807, 2.05) is 29.6 Å². The van der Waals surface area contributed by atoms with E-state index in [-0.39, 0.29) is 5.90 Å². The van der Waals surface area contributed by atoms with Gasteiger partial charge in [0.1, 0.15) is 0 Å². The largest absolute Gasteiger partial charge is 0.861 e. The smallest absolute Gasteiger partial charge is 0.204 e. The Bertz CT molecular complexity index is 706. The lowest BCUT2D eigenvalue weighted by Crippen LogP contribution is -2.19. The maximum Gasteiger partial charge on any atom is 0.204 e. The van der Waals surface area contributed by atoms with Gasteiger partial charge in [-0.2, -0.15) is 5.21 Å². The summed E-state index contributed by atoms with van der Waals surface area (Å²) in [4.78, 5) is 5.09. The molecule has 0 saturated carbocycles. The molecule has 0 fully saturated rings. The van der Waals surface area contributed by atoms with Gasteiger partial charge in [0.25, 0.3) is 0 Å². The normalized spacial score (nSPS) is 11.7. The molecule has 20 heavy (non-hydrogen) atoms. The van der Waals surface area contributed by atoms with Gasteiger partial charge in [-0.05, 0) is 34.7 Å². The van der Waals surface area contributed by atoms with Crippen LogP contribution < -0.4 is 5.11 Å². The Kier molecular flexibility index (Phi) is 3.51. The van der Waals surface area contributed by atoms with Crippen LogP contribution in [-0.2, 0) is 6.42 Å². The number of benzene rings is 1. The fraction of sp³-hybridized carbons (Fsp3) is 0.0769. The van der Waals surface area contributed by atoms with Crippen molar-refractivity contribution in [3.8, 4) is 11.4 Å². The van der Waals surface area contributed by atoms with Gasteiger partial charge in [0.05, 0.1) is 5.69 Å². The lowest BCUT2D eigenvalue weighted by Gasteiger charge is -2.09. The molecule has 3 aromatic rings. The topological polar surface area (TPSA) is 89.9 Å². The zero-order chi connectivity index (χ0) is 13.8. The van der Waals surface area contributed by atoms with Gasteiger partial charge in [0.15, 0.2) is 0 Å². The Hall–Kier alpha value is -2.54. The van der Waals surface area contributed by atoms with Gasteiger partial charge < -0.3 is 5.11 Å². The Morgan fingerprint density at radius 2 is 2.25 bits per heavy atom. The zero-order valence-electron chi connectivity index (χ0n) is 10.4. The van der Waals surface area contributed by atoms with E-state index in [9.17, 15) is 5.11 Å². The van der Waals surface area contributed by atoms with Crippen molar-refractivity contribution in [2.75, 3.05) is 0 Å². The number of H-pyrrole nitrogens is 1. The van der Waals surface area contributed by atoms with Crippen molar-refractivity contribution in [2.24, 2.45) is 4.99 Å². The van der Waals surface area contributed by atoms with Gasteiger partial charge in [0, 0.05) is 16.9 Å². The van der Waals surface area contributed by atoms with Crippen molar-refractivity contribution in [1.29, 1.82) is 0 Å². The van der Waals surface area contributed by atoms with Crippen LogP contribution >= 0.6 is 11.3 Å². The molecule has 0 spiro atoms. The summed E-state index contributed by atoms with van der Waals surface area (Å²) in [5, 5.41) is 27.5. The molecule has 0 saturated heterocycles. The average molecular weight is 284 g/mol. The maximum atomic E-state index is 11.9.